The molecule has 1 aromatic carbocycles. The Balaban J connectivity index is 0.00000541. The van der Waals surface area contributed by atoms with Gasteiger partial charge in [-0.15, -0.1) is 23.1 Å². The number of phenolic OH excluding ortho intramolecular Hbond substituents is 2. The number of aliphatic carboxylic acids is 1. The van der Waals surface area contributed by atoms with Crippen LogP contribution >= 0.6 is 23.1 Å². The maximum absolute atomic E-state index is 13.9. The zero-order chi connectivity index (χ0) is 37.4. The average molecular weight is 782 g/mol. The van der Waals surface area contributed by atoms with Gasteiger partial charge in [0.15, 0.2) is 33.8 Å². The van der Waals surface area contributed by atoms with E-state index in [4.69, 9.17) is 10.6 Å². The van der Waals surface area contributed by atoms with E-state index in [1.54, 1.807) is 0 Å². The van der Waals surface area contributed by atoms with Crippen molar-refractivity contribution in [3.05, 3.63) is 46.0 Å². The molecule has 0 saturated carbocycles. The van der Waals surface area contributed by atoms with Gasteiger partial charge < -0.3 is 50.9 Å². The second kappa shape index (κ2) is 15.9. The summed E-state index contributed by atoms with van der Waals surface area (Å²) in [5.41, 5.74) is 4.61. The van der Waals surface area contributed by atoms with Crippen LogP contribution in [0, 0.1) is 5.82 Å². The molecule has 2 saturated heterocycles. The number of anilines is 1. The molecule has 0 unspecified atom stereocenters. The van der Waals surface area contributed by atoms with E-state index in [1.807, 2.05) is 0 Å². The van der Waals surface area contributed by atoms with Crippen molar-refractivity contribution in [2.75, 3.05) is 44.2 Å². The molecule has 0 spiro atoms. The number of halogens is 1. The van der Waals surface area contributed by atoms with Crippen molar-refractivity contribution in [1.29, 1.82) is 0 Å². The second-order valence-electron chi connectivity index (χ2n) is 12.9. The molecule has 0 bridgehead atoms. The molecule has 3 aromatic rings. The normalized spacial score (nSPS) is 19.6. The summed E-state index contributed by atoms with van der Waals surface area (Å²) in [5, 5.41) is 56.2. The van der Waals surface area contributed by atoms with Crippen molar-refractivity contribution in [1.82, 2.24) is 41.1 Å². The van der Waals surface area contributed by atoms with Crippen LogP contribution in [0.2, 0.25) is 0 Å². The van der Waals surface area contributed by atoms with Crippen LogP contribution in [-0.4, -0.2) is 125 Å². The van der Waals surface area contributed by atoms with Crippen LogP contribution in [0.4, 0.5) is 9.52 Å². The minimum absolute atomic E-state index is 0. The summed E-state index contributed by atoms with van der Waals surface area (Å²) in [6, 6.07) is 0.804. The number of nitrogen functional groups attached to an aromatic ring is 1. The molecule has 19 nitrogen and oxygen atoms in total. The molecule has 6 rings (SSSR count). The molecule has 2 aromatic heterocycles. The molecule has 5 heterocycles. The summed E-state index contributed by atoms with van der Waals surface area (Å²) in [5.74, 6) is -5.75. The number of thioether (sulfide) groups is 1. The number of amides is 3. The first-order valence-electron chi connectivity index (χ1n) is 15.9. The number of likely N-dealkylation sites (tertiary alicyclic amines) is 1. The monoisotopic (exact) mass is 781 g/mol. The summed E-state index contributed by atoms with van der Waals surface area (Å²) >= 11 is 2.43. The zero-order valence-corrected chi connectivity index (χ0v) is 32.4. The number of nitrogens with one attached hydrogen (secondary N) is 2. The number of β-lactam (4-membered cyclic amide) rings is 1. The quantitative estimate of drug-likeness (QED) is 0.0273. The Kier molecular flexibility index (Phi) is 12.0. The number of carbonyl (C=O) groups is 4. The Morgan fingerprint density at radius 1 is 1.26 bits per heavy atom. The third-order valence-corrected chi connectivity index (χ3v) is 10.9. The molecule has 6 N–H and O–H groups in total. The molecule has 3 aliphatic rings. The van der Waals surface area contributed by atoms with Gasteiger partial charge in [-0.1, -0.05) is 5.16 Å². The fraction of sp³-hybridized carbons (Fsp3) is 0.433. The predicted molar refractivity (Wildman–Crippen MR) is 179 cm³/mol. The van der Waals surface area contributed by atoms with Crippen LogP contribution < -0.4 is 56.1 Å². The van der Waals surface area contributed by atoms with Crippen molar-refractivity contribution in [3.8, 4) is 11.5 Å². The SMILES string of the molecule is CC(C)(O/N=C(\C(=O)N[C@@H]1C(=O)N2C(c3nnn[n-]3)=C(C[N+]3(CCNC(=O)c4cc(O)c(O)c(F)c4)CCCC3)CS[C@H]12)c1csc(N)n1)C(=O)[O-].[Na+]. The Hall–Kier alpha value is -4.35. The number of nitrogens with two attached hydrogens (primary N) is 1. The van der Waals surface area contributed by atoms with Gasteiger partial charge in [-0.05, 0) is 26.0 Å². The van der Waals surface area contributed by atoms with E-state index in [0.29, 0.717) is 29.0 Å². The summed E-state index contributed by atoms with van der Waals surface area (Å²) < 4.78 is 14.5. The summed E-state index contributed by atoms with van der Waals surface area (Å²) in [6.07, 6.45) is 1.85. The molecular weight excluding hydrogens is 749 g/mol. The van der Waals surface area contributed by atoms with Crippen LogP contribution in [0.15, 0.2) is 28.2 Å². The molecule has 2 atom stereocenters. The van der Waals surface area contributed by atoms with Crippen LogP contribution in [0.5, 0.6) is 11.5 Å². The number of phenols is 2. The van der Waals surface area contributed by atoms with Crippen molar-refractivity contribution in [2.45, 2.75) is 43.7 Å². The van der Waals surface area contributed by atoms with E-state index >= 15 is 0 Å². The van der Waals surface area contributed by atoms with E-state index in [1.165, 1.54) is 35.9 Å². The number of tetrazole rings is 1. The average Bonchev–Trinajstić information content (AvgIpc) is 3.89. The maximum atomic E-state index is 13.9. The van der Waals surface area contributed by atoms with Crippen LogP contribution in [-0.2, 0) is 19.2 Å². The number of hydrogen-bond donors (Lipinski definition) is 5. The Morgan fingerprint density at radius 3 is 2.62 bits per heavy atom. The second-order valence-corrected chi connectivity index (χ2v) is 14.9. The first kappa shape index (κ1) is 39.8. The van der Waals surface area contributed by atoms with E-state index in [2.05, 4.69) is 41.4 Å². The number of rotatable bonds is 13. The number of thiazole rings is 1. The maximum Gasteiger partial charge on any atom is 1.00 e. The minimum Gasteiger partial charge on any atom is -0.546 e. The van der Waals surface area contributed by atoms with E-state index in [9.17, 15) is 38.9 Å². The molecular formula is C30H33FN11NaO8S2. The van der Waals surface area contributed by atoms with E-state index < -0.39 is 63.7 Å². The van der Waals surface area contributed by atoms with Gasteiger partial charge in [0.25, 0.3) is 17.7 Å². The third kappa shape index (κ3) is 8.26. The van der Waals surface area contributed by atoms with Crippen molar-refractivity contribution in [2.24, 2.45) is 5.16 Å². The number of hydrogen-bond acceptors (Lipinski definition) is 16. The van der Waals surface area contributed by atoms with Crippen molar-refractivity contribution in [3.63, 3.8) is 0 Å². The number of carbonyl (C=O) groups excluding carboxylic acids is 4. The zero-order valence-electron chi connectivity index (χ0n) is 28.7. The molecule has 2 fully saturated rings. The molecule has 23 heteroatoms. The topological polar surface area (TPSA) is 272 Å². The standard InChI is InChI=1S/C30H34FN11O8S2.Na/c1-30(2,28(48)49)50-38-19(17-13-52-29(32)34-17)25(46)35-20-26(47)41-21(23-36-39-40-37-23)15(12-51-27(20)41)11-42(6-3-4-7-42)8-5-33-24(45)14-9-16(31)22(44)18(43)10-14;/h9-10,13,20,27H,3-8,11-12H2,1-2H3,(H7-,32,33,34,35,36,37,38,39,40,43,44,45,46,48,49);/q;+1/p-1/t20-,27-;/m1./s1. The van der Waals surface area contributed by atoms with E-state index in [-0.39, 0.29) is 58.3 Å². The van der Waals surface area contributed by atoms with Crippen molar-refractivity contribution >= 4 is 63.3 Å². The summed E-state index contributed by atoms with van der Waals surface area (Å²) in [6.45, 7) is 5.13. The van der Waals surface area contributed by atoms with Gasteiger partial charge >= 0.3 is 29.6 Å². The molecule has 53 heavy (non-hydrogen) atoms. The van der Waals surface area contributed by atoms with Gasteiger partial charge in [0.2, 0.25) is 0 Å². The number of oxime groups is 1. The van der Waals surface area contributed by atoms with Crippen molar-refractivity contribution < 1.29 is 77.8 Å². The molecule has 276 valence electrons. The number of aromatic hydroxyl groups is 2. The largest absolute Gasteiger partial charge is 1.00 e. The number of nitrogens with zero attached hydrogens (tertiary/aromatic N) is 8. The number of benzene rings is 1. The van der Waals surface area contributed by atoms with Gasteiger partial charge in [-0.25, -0.2) is 9.37 Å². The fourth-order valence-corrected chi connectivity index (χ4v) is 8.04. The number of aromatic nitrogens is 5. The summed E-state index contributed by atoms with van der Waals surface area (Å²) in [4.78, 5) is 62.2. The first-order chi connectivity index (χ1) is 24.7. The van der Waals surface area contributed by atoms with Crippen LogP contribution in [0.25, 0.3) is 5.70 Å². The molecule has 0 radical (unpaired) electrons. The van der Waals surface area contributed by atoms with Gasteiger partial charge in [-0.3, -0.25) is 29.6 Å². The number of fused-ring (bicyclic) bond motifs is 1. The Labute approximate surface area is 331 Å². The van der Waals surface area contributed by atoms with Gasteiger partial charge in [0, 0.05) is 35.1 Å². The Morgan fingerprint density at radius 2 is 2.00 bits per heavy atom. The predicted octanol–water partition coefficient (Wildman–Crippen LogP) is -4.48. The number of carboxylic acid groups (broad SMARTS) is 1. The number of quaternary nitrogens is 1. The third-order valence-electron chi connectivity index (χ3n) is 8.92. The molecule has 3 amide bonds. The minimum atomic E-state index is -1.88. The summed E-state index contributed by atoms with van der Waals surface area (Å²) in [7, 11) is 0. The first-order valence-corrected chi connectivity index (χ1v) is 17.8. The smallest absolute Gasteiger partial charge is 0.546 e. The van der Waals surface area contributed by atoms with Gasteiger partial charge in [-0.2, -0.15) is 5.21 Å². The van der Waals surface area contributed by atoms with Gasteiger partial charge in [0.1, 0.15) is 23.7 Å². The van der Waals surface area contributed by atoms with Gasteiger partial charge in [0.05, 0.1) is 43.7 Å². The van der Waals surface area contributed by atoms with E-state index in [0.717, 1.165) is 55.0 Å². The molecule has 3 aliphatic heterocycles. The van der Waals surface area contributed by atoms with Crippen LogP contribution in [0.1, 0.15) is 48.6 Å². The fourth-order valence-electron chi connectivity index (χ4n) is 6.16. The molecule has 0 aliphatic carbocycles. The van der Waals surface area contributed by atoms with Crippen LogP contribution in [0.3, 0.4) is 0 Å². The Bertz CT molecular complexity index is 1950. The number of carboxylic acids is 1.